The highest BCUT2D eigenvalue weighted by molar-refractivity contribution is 7.92. The standard InChI is InChI=1S/C16H16N2O5S/c1-2-17-15(19)11-6-8-13(9-7-11)18-24(22,23)14-5-3-4-12(10-14)16(20)21/h3-10,18H,2H2,1H3,(H,17,19)(H,20,21). The Labute approximate surface area is 139 Å². The van der Waals surface area contributed by atoms with Gasteiger partial charge in [0, 0.05) is 17.8 Å². The molecule has 0 saturated carbocycles. The Hall–Kier alpha value is -2.87. The second-order valence-corrected chi connectivity index (χ2v) is 6.56. The van der Waals surface area contributed by atoms with Gasteiger partial charge in [0.2, 0.25) is 0 Å². The van der Waals surface area contributed by atoms with E-state index in [0.29, 0.717) is 12.1 Å². The van der Waals surface area contributed by atoms with Crippen molar-refractivity contribution in [1.29, 1.82) is 0 Å². The Morgan fingerprint density at radius 3 is 2.29 bits per heavy atom. The molecule has 8 heteroatoms. The number of sulfonamides is 1. The molecule has 2 aromatic carbocycles. The molecule has 7 nitrogen and oxygen atoms in total. The van der Waals surface area contributed by atoms with Crippen molar-refractivity contribution >= 4 is 27.6 Å². The summed E-state index contributed by atoms with van der Waals surface area (Å²) in [6.07, 6.45) is 0. The lowest BCUT2D eigenvalue weighted by atomic mass is 10.2. The SMILES string of the molecule is CCNC(=O)c1ccc(NS(=O)(=O)c2cccc(C(=O)O)c2)cc1. The molecule has 126 valence electrons. The fraction of sp³-hybridized carbons (Fsp3) is 0.125. The summed E-state index contributed by atoms with van der Waals surface area (Å²) < 4.78 is 27.0. The number of nitrogens with one attached hydrogen (secondary N) is 2. The molecule has 0 bridgehead atoms. The first-order chi connectivity index (χ1) is 11.3. The lowest BCUT2D eigenvalue weighted by Crippen LogP contribution is -2.22. The van der Waals surface area contributed by atoms with E-state index in [1.165, 1.54) is 42.5 Å². The molecule has 0 atom stereocenters. The Morgan fingerprint density at radius 1 is 1.04 bits per heavy atom. The Balaban J connectivity index is 2.22. The van der Waals surface area contributed by atoms with Gasteiger partial charge < -0.3 is 10.4 Å². The predicted octanol–water partition coefficient (Wildman–Crippen LogP) is 1.94. The number of rotatable bonds is 6. The van der Waals surface area contributed by atoms with E-state index in [1.807, 2.05) is 0 Å². The van der Waals surface area contributed by atoms with E-state index in [4.69, 9.17) is 5.11 Å². The number of hydrogen-bond acceptors (Lipinski definition) is 4. The van der Waals surface area contributed by atoms with Crippen molar-refractivity contribution in [2.75, 3.05) is 11.3 Å². The molecule has 0 saturated heterocycles. The molecule has 0 unspecified atom stereocenters. The van der Waals surface area contributed by atoms with Crippen LogP contribution in [0.2, 0.25) is 0 Å². The number of benzene rings is 2. The molecule has 0 aliphatic heterocycles. The van der Waals surface area contributed by atoms with Crippen LogP contribution < -0.4 is 10.0 Å². The van der Waals surface area contributed by atoms with Crippen molar-refractivity contribution in [2.45, 2.75) is 11.8 Å². The highest BCUT2D eigenvalue weighted by atomic mass is 32.2. The minimum Gasteiger partial charge on any atom is -0.478 e. The minimum absolute atomic E-state index is 0.121. The Morgan fingerprint density at radius 2 is 1.71 bits per heavy atom. The molecule has 0 spiro atoms. The number of carbonyl (C=O) groups is 2. The summed E-state index contributed by atoms with van der Waals surface area (Å²) in [5.41, 5.74) is 0.556. The third-order valence-electron chi connectivity index (χ3n) is 3.13. The van der Waals surface area contributed by atoms with Crippen molar-refractivity contribution in [3.05, 3.63) is 59.7 Å². The van der Waals surface area contributed by atoms with Gasteiger partial charge >= 0.3 is 5.97 Å². The number of carboxylic acids is 1. The maximum Gasteiger partial charge on any atom is 0.335 e. The van der Waals surface area contributed by atoms with Gasteiger partial charge in [-0.25, -0.2) is 13.2 Å². The van der Waals surface area contributed by atoms with E-state index in [1.54, 1.807) is 6.92 Å². The molecule has 0 aromatic heterocycles. The van der Waals surface area contributed by atoms with E-state index >= 15 is 0 Å². The summed E-state index contributed by atoms with van der Waals surface area (Å²) in [6.45, 7) is 2.29. The molecule has 3 N–H and O–H groups in total. The van der Waals surface area contributed by atoms with Crippen LogP contribution >= 0.6 is 0 Å². The summed E-state index contributed by atoms with van der Waals surface area (Å²) in [7, 11) is -3.93. The Kier molecular flexibility index (Phi) is 5.20. The van der Waals surface area contributed by atoms with Crippen LogP contribution in [0.1, 0.15) is 27.6 Å². The number of carboxylic acid groups (broad SMARTS) is 1. The van der Waals surface area contributed by atoms with Crippen LogP contribution in [0, 0.1) is 0 Å². The number of anilines is 1. The van der Waals surface area contributed by atoms with Gasteiger partial charge in [0.15, 0.2) is 0 Å². The molecular weight excluding hydrogens is 332 g/mol. The van der Waals surface area contributed by atoms with Crippen molar-refractivity contribution < 1.29 is 23.1 Å². The summed E-state index contributed by atoms with van der Waals surface area (Å²) in [6, 6.07) is 11.0. The van der Waals surface area contributed by atoms with Crippen LogP contribution in [0.4, 0.5) is 5.69 Å². The van der Waals surface area contributed by atoms with Crippen molar-refractivity contribution in [3.63, 3.8) is 0 Å². The zero-order valence-corrected chi connectivity index (χ0v) is 13.6. The van der Waals surface area contributed by atoms with Crippen LogP contribution in [0.3, 0.4) is 0 Å². The van der Waals surface area contributed by atoms with Crippen LogP contribution in [-0.4, -0.2) is 31.9 Å². The molecule has 24 heavy (non-hydrogen) atoms. The third kappa shape index (κ3) is 4.11. The van der Waals surface area contributed by atoms with Gasteiger partial charge in [-0.3, -0.25) is 9.52 Å². The molecule has 0 heterocycles. The fourth-order valence-corrected chi connectivity index (χ4v) is 3.07. The first kappa shape index (κ1) is 17.5. The van der Waals surface area contributed by atoms with Crippen LogP contribution in [-0.2, 0) is 10.0 Å². The summed E-state index contributed by atoms with van der Waals surface area (Å²) in [5, 5.41) is 11.6. The lowest BCUT2D eigenvalue weighted by Gasteiger charge is -2.09. The third-order valence-corrected chi connectivity index (χ3v) is 4.51. The van der Waals surface area contributed by atoms with Gasteiger partial charge in [-0.1, -0.05) is 6.07 Å². The summed E-state index contributed by atoms with van der Waals surface area (Å²) >= 11 is 0. The number of aromatic carboxylic acids is 1. The first-order valence-corrected chi connectivity index (χ1v) is 8.56. The predicted molar refractivity (Wildman–Crippen MR) is 88.7 cm³/mol. The second-order valence-electron chi connectivity index (χ2n) is 4.88. The zero-order chi connectivity index (χ0) is 17.7. The average Bonchev–Trinajstić information content (AvgIpc) is 2.55. The van der Waals surface area contributed by atoms with Crippen molar-refractivity contribution in [2.24, 2.45) is 0 Å². The molecule has 0 fully saturated rings. The molecule has 0 aliphatic rings. The Bertz CT molecular complexity index is 860. The fourth-order valence-electron chi connectivity index (χ4n) is 1.96. The number of carbonyl (C=O) groups excluding carboxylic acids is 1. The van der Waals surface area contributed by atoms with Gasteiger partial charge in [-0.2, -0.15) is 0 Å². The topological polar surface area (TPSA) is 113 Å². The van der Waals surface area contributed by atoms with Crippen LogP contribution in [0.15, 0.2) is 53.4 Å². The van der Waals surface area contributed by atoms with E-state index < -0.39 is 16.0 Å². The maximum absolute atomic E-state index is 12.3. The van der Waals surface area contributed by atoms with Gasteiger partial charge in [-0.05, 0) is 49.4 Å². The molecule has 0 radical (unpaired) electrons. The van der Waals surface area contributed by atoms with Crippen LogP contribution in [0.5, 0.6) is 0 Å². The lowest BCUT2D eigenvalue weighted by molar-refractivity contribution is 0.0696. The first-order valence-electron chi connectivity index (χ1n) is 7.08. The number of hydrogen-bond donors (Lipinski definition) is 3. The molecule has 1 amide bonds. The highest BCUT2D eigenvalue weighted by Gasteiger charge is 2.16. The van der Waals surface area contributed by atoms with Crippen molar-refractivity contribution in [1.82, 2.24) is 5.32 Å². The van der Waals surface area contributed by atoms with Gasteiger partial charge in [0.25, 0.3) is 15.9 Å². The summed E-state index contributed by atoms with van der Waals surface area (Å²) in [4.78, 5) is 22.4. The van der Waals surface area contributed by atoms with E-state index in [0.717, 1.165) is 6.07 Å². The van der Waals surface area contributed by atoms with E-state index in [-0.39, 0.29) is 22.1 Å². The second kappa shape index (κ2) is 7.14. The van der Waals surface area contributed by atoms with Crippen molar-refractivity contribution in [3.8, 4) is 0 Å². The molecule has 2 rings (SSSR count). The minimum atomic E-state index is -3.93. The van der Waals surface area contributed by atoms with Gasteiger partial charge in [0.1, 0.15) is 0 Å². The van der Waals surface area contributed by atoms with E-state index in [2.05, 4.69) is 10.0 Å². The summed E-state index contributed by atoms with van der Waals surface area (Å²) in [5.74, 6) is -1.46. The molecular formula is C16H16N2O5S. The molecule has 0 aliphatic carbocycles. The number of amides is 1. The van der Waals surface area contributed by atoms with Gasteiger partial charge in [-0.15, -0.1) is 0 Å². The molecule has 2 aromatic rings. The normalized spacial score (nSPS) is 10.9. The average molecular weight is 348 g/mol. The van der Waals surface area contributed by atoms with Gasteiger partial charge in [0.05, 0.1) is 10.5 Å². The highest BCUT2D eigenvalue weighted by Crippen LogP contribution is 2.18. The smallest absolute Gasteiger partial charge is 0.335 e. The zero-order valence-electron chi connectivity index (χ0n) is 12.8. The van der Waals surface area contributed by atoms with Crippen LogP contribution in [0.25, 0.3) is 0 Å². The largest absolute Gasteiger partial charge is 0.478 e. The van der Waals surface area contributed by atoms with E-state index in [9.17, 15) is 18.0 Å². The monoisotopic (exact) mass is 348 g/mol. The quantitative estimate of drug-likeness (QED) is 0.738. The maximum atomic E-state index is 12.3.